The van der Waals surface area contributed by atoms with E-state index in [9.17, 15) is 4.79 Å². The zero-order valence-corrected chi connectivity index (χ0v) is 16.0. The van der Waals surface area contributed by atoms with Crippen molar-refractivity contribution in [3.8, 4) is 0 Å². The lowest BCUT2D eigenvalue weighted by Gasteiger charge is -2.24. The smallest absolute Gasteiger partial charge is 0.415 e. The summed E-state index contributed by atoms with van der Waals surface area (Å²) >= 11 is 0. The molecule has 2 atom stereocenters. The van der Waals surface area contributed by atoms with Crippen LogP contribution in [0, 0.1) is 19.8 Å². The third-order valence-electron chi connectivity index (χ3n) is 4.94. The predicted molar refractivity (Wildman–Crippen MR) is 102 cm³/mol. The fourth-order valence-corrected chi connectivity index (χ4v) is 3.05. The highest BCUT2D eigenvalue weighted by Crippen LogP contribution is 2.27. The molecule has 1 aliphatic rings. The molecule has 2 heterocycles. The molecule has 1 aromatic carbocycles. The van der Waals surface area contributed by atoms with E-state index in [1.54, 1.807) is 17.2 Å². The maximum Gasteiger partial charge on any atom is 0.415 e. The summed E-state index contributed by atoms with van der Waals surface area (Å²) in [5.74, 6) is 1.34. The molecule has 1 amide bonds. The van der Waals surface area contributed by atoms with Crippen LogP contribution in [0.1, 0.15) is 43.5 Å². The van der Waals surface area contributed by atoms with Crippen molar-refractivity contribution in [2.75, 3.05) is 16.8 Å². The second kappa shape index (κ2) is 7.32. The highest BCUT2D eigenvalue weighted by Gasteiger charge is 2.37. The molecule has 0 bridgehead atoms. The van der Waals surface area contributed by atoms with Crippen LogP contribution >= 0.6 is 0 Å². The number of cyclic esters (lactones) is 1. The molecule has 6 nitrogen and oxygen atoms in total. The molecule has 1 fully saturated rings. The van der Waals surface area contributed by atoms with Crippen LogP contribution in [0.3, 0.4) is 0 Å². The van der Waals surface area contributed by atoms with Crippen LogP contribution in [0.15, 0.2) is 30.5 Å². The number of anilines is 2. The minimum absolute atomic E-state index is 0.0116. The van der Waals surface area contributed by atoms with Gasteiger partial charge in [-0.25, -0.2) is 9.78 Å². The minimum atomic E-state index is -0.351. The third-order valence-corrected chi connectivity index (χ3v) is 4.94. The Morgan fingerprint density at radius 3 is 2.65 bits per heavy atom. The molecule has 6 heteroatoms. The number of benzene rings is 1. The van der Waals surface area contributed by atoms with Crippen molar-refractivity contribution < 1.29 is 9.53 Å². The van der Waals surface area contributed by atoms with Crippen molar-refractivity contribution in [1.29, 1.82) is 0 Å². The Hall–Kier alpha value is -2.63. The molecule has 0 spiro atoms. The highest BCUT2D eigenvalue weighted by atomic mass is 16.6. The first-order valence-corrected chi connectivity index (χ1v) is 8.99. The van der Waals surface area contributed by atoms with E-state index in [1.165, 1.54) is 16.7 Å². The van der Waals surface area contributed by atoms with Gasteiger partial charge in [-0.2, -0.15) is 4.98 Å². The number of hydrogen-bond donors (Lipinski definition) is 1. The fourth-order valence-electron chi connectivity index (χ4n) is 3.05. The van der Waals surface area contributed by atoms with Gasteiger partial charge in [-0.05, 0) is 49.4 Å². The Labute approximate surface area is 154 Å². The van der Waals surface area contributed by atoms with Gasteiger partial charge in [-0.3, -0.25) is 4.90 Å². The van der Waals surface area contributed by atoms with Gasteiger partial charge < -0.3 is 10.1 Å². The van der Waals surface area contributed by atoms with Gasteiger partial charge in [0, 0.05) is 6.20 Å². The van der Waals surface area contributed by atoms with Gasteiger partial charge in [0.1, 0.15) is 12.4 Å². The topological polar surface area (TPSA) is 67.4 Å². The maximum atomic E-state index is 12.1. The standard InChI is InChI=1S/C20H26N4O2/c1-12(2)17-11-26-20(25)24(17)18-8-9-21-19(23-18)22-15(5)16-7-6-13(3)14(4)10-16/h6-10,12,15,17H,11H2,1-5H3,(H,21,22,23)/t15?,17-/m1/s1. The van der Waals surface area contributed by atoms with Crippen molar-refractivity contribution in [2.45, 2.75) is 46.7 Å². The van der Waals surface area contributed by atoms with Crippen LogP contribution in [0.5, 0.6) is 0 Å². The van der Waals surface area contributed by atoms with Crippen LogP contribution in [0.25, 0.3) is 0 Å². The van der Waals surface area contributed by atoms with Gasteiger partial charge >= 0.3 is 6.09 Å². The zero-order valence-electron chi connectivity index (χ0n) is 16.0. The summed E-state index contributed by atoms with van der Waals surface area (Å²) in [5, 5.41) is 3.33. The van der Waals surface area contributed by atoms with Gasteiger partial charge in [0.2, 0.25) is 5.95 Å². The monoisotopic (exact) mass is 354 g/mol. The van der Waals surface area contributed by atoms with E-state index in [2.05, 4.69) is 68.1 Å². The van der Waals surface area contributed by atoms with Crippen molar-refractivity contribution in [3.63, 3.8) is 0 Å². The summed E-state index contributed by atoms with van der Waals surface area (Å²) in [7, 11) is 0. The zero-order chi connectivity index (χ0) is 18.8. The average Bonchev–Trinajstić information content (AvgIpc) is 2.99. The Balaban J connectivity index is 1.81. The summed E-state index contributed by atoms with van der Waals surface area (Å²) in [4.78, 5) is 22.6. The van der Waals surface area contributed by atoms with Gasteiger partial charge in [0.25, 0.3) is 0 Å². The van der Waals surface area contributed by atoms with Crippen molar-refractivity contribution in [3.05, 3.63) is 47.2 Å². The summed E-state index contributed by atoms with van der Waals surface area (Å²) in [6, 6.07) is 8.18. The molecule has 1 N–H and O–H groups in total. The molecule has 0 aliphatic carbocycles. The van der Waals surface area contributed by atoms with Crippen LogP contribution in [0.2, 0.25) is 0 Å². The second-order valence-corrected chi connectivity index (χ2v) is 7.21. The predicted octanol–water partition coefficient (Wildman–Crippen LogP) is 4.25. The van der Waals surface area contributed by atoms with Crippen LogP contribution in [-0.4, -0.2) is 28.7 Å². The van der Waals surface area contributed by atoms with E-state index < -0.39 is 0 Å². The molecule has 1 aromatic heterocycles. The number of hydrogen-bond acceptors (Lipinski definition) is 5. The molecule has 0 saturated carbocycles. The van der Waals surface area contributed by atoms with Gasteiger partial charge in [-0.15, -0.1) is 0 Å². The van der Waals surface area contributed by atoms with Crippen molar-refractivity contribution in [2.24, 2.45) is 5.92 Å². The second-order valence-electron chi connectivity index (χ2n) is 7.21. The third kappa shape index (κ3) is 3.64. The first kappa shape index (κ1) is 18.2. The molecule has 3 rings (SSSR count). The SMILES string of the molecule is Cc1ccc(C(C)Nc2nccc(N3C(=O)OC[C@@H]3C(C)C)n2)cc1C. The number of amides is 1. The van der Waals surface area contributed by atoms with E-state index in [0.29, 0.717) is 18.4 Å². The molecule has 1 unspecified atom stereocenters. The number of rotatable bonds is 5. The first-order chi connectivity index (χ1) is 12.4. The van der Waals surface area contributed by atoms with Gasteiger partial charge in [0.05, 0.1) is 12.1 Å². The van der Waals surface area contributed by atoms with Crippen LogP contribution in [0.4, 0.5) is 16.6 Å². The quantitative estimate of drug-likeness (QED) is 0.869. The number of nitrogens with one attached hydrogen (secondary N) is 1. The lowest BCUT2D eigenvalue weighted by atomic mass is 10.0. The van der Waals surface area contributed by atoms with Gasteiger partial charge in [-0.1, -0.05) is 32.0 Å². The summed E-state index contributed by atoms with van der Waals surface area (Å²) in [5.41, 5.74) is 3.69. The molecule has 2 aromatic rings. The van der Waals surface area contributed by atoms with Gasteiger partial charge in [0.15, 0.2) is 0 Å². The highest BCUT2D eigenvalue weighted by molar-refractivity contribution is 5.89. The Morgan fingerprint density at radius 1 is 1.19 bits per heavy atom. The summed E-state index contributed by atoms with van der Waals surface area (Å²) < 4.78 is 5.21. The summed E-state index contributed by atoms with van der Waals surface area (Å²) in [6.45, 7) is 10.8. The van der Waals surface area contributed by atoms with Crippen LogP contribution in [-0.2, 0) is 4.74 Å². The first-order valence-electron chi connectivity index (χ1n) is 8.99. The van der Waals surface area contributed by atoms with E-state index in [1.807, 2.05) is 0 Å². The molecule has 0 radical (unpaired) electrons. The van der Waals surface area contributed by atoms with E-state index in [0.717, 1.165) is 0 Å². The maximum absolute atomic E-state index is 12.1. The molecular formula is C20H26N4O2. The van der Waals surface area contributed by atoms with Crippen molar-refractivity contribution in [1.82, 2.24) is 9.97 Å². The largest absolute Gasteiger partial charge is 0.447 e. The lowest BCUT2D eigenvalue weighted by molar-refractivity contribution is 0.177. The van der Waals surface area contributed by atoms with E-state index in [-0.39, 0.29) is 24.1 Å². The number of aromatic nitrogens is 2. The Bertz CT molecular complexity index is 806. The Morgan fingerprint density at radius 2 is 1.96 bits per heavy atom. The number of aryl methyl sites for hydroxylation is 2. The number of ether oxygens (including phenoxy) is 1. The minimum Gasteiger partial charge on any atom is -0.447 e. The number of carbonyl (C=O) groups excluding carboxylic acids is 1. The fraction of sp³-hybridized carbons (Fsp3) is 0.450. The lowest BCUT2D eigenvalue weighted by Crippen LogP contribution is -2.37. The molecular weight excluding hydrogens is 328 g/mol. The van der Waals surface area contributed by atoms with Crippen molar-refractivity contribution >= 4 is 17.9 Å². The summed E-state index contributed by atoms with van der Waals surface area (Å²) in [6.07, 6.45) is 1.32. The number of carbonyl (C=O) groups is 1. The number of nitrogens with zero attached hydrogens (tertiary/aromatic N) is 3. The van der Waals surface area contributed by atoms with E-state index in [4.69, 9.17) is 4.74 Å². The molecule has 26 heavy (non-hydrogen) atoms. The normalized spacial score (nSPS) is 18.2. The molecule has 1 saturated heterocycles. The Kier molecular flexibility index (Phi) is 5.11. The van der Waals surface area contributed by atoms with E-state index >= 15 is 0 Å². The molecule has 1 aliphatic heterocycles. The average molecular weight is 354 g/mol. The van der Waals surface area contributed by atoms with Crippen LogP contribution < -0.4 is 10.2 Å². The molecule has 138 valence electrons.